The van der Waals surface area contributed by atoms with Crippen LogP contribution in [0, 0.1) is 6.92 Å². The van der Waals surface area contributed by atoms with Crippen molar-refractivity contribution in [2.45, 2.75) is 45.1 Å². The second kappa shape index (κ2) is 6.86. The van der Waals surface area contributed by atoms with Gasteiger partial charge in [0.25, 0.3) is 0 Å². The predicted octanol–water partition coefficient (Wildman–Crippen LogP) is 2.93. The first kappa shape index (κ1) is 16.7. The van der Waals surface area contributed by atoms with Gasteiger partial charge in [0.2, 0.25) is 5.95 Å². The average molecular weight is 403 g/mol. The number of fused-ring (bicyclic) bond motifs is 1. The molecule has 1 aliphatic heterocycles. The highest BCUT2D eigenvalue weighted by molar-refractivity contribution is 9.10. The van der Waals surface area contributed by atoms with E-state index in [-0.39, 0.29) is 0 Å². The summed E-state index contributed by atoms with van der Waals surface area (Å²) in [5.41, 5.74) is 2.65. The fourth-order valence-electron chi connectivity index (χ4n) is 3.91. The molecule has 6 nitrogen and oxygen atoms in total. The molecular weight excluding hydrogens is 380 g/mol. The number of hydrogen-bond acceptors (Lipinski definition) is 6. The second-order valence-electron chi connectivity index (χ2n) is 6.90. The summed E-state index contributed by atoms with van der Waals surface area (Å²) in [5.74, 6) is 2.87. The van der Waals surface area contributed by atoms with Crippen molar-refractivity contribution in [2.75, 3.05) is 29.9 Å². The van der Waals surface area contributed by atoms with Crippen molar-refractivity contribution in [1.82, 2.24) is 19.9 Å². The normalized spacial score (nSPS) is 17.6. The molecule has 132 valence electrons. The van der Waals surface area contributed by atoms with Crippen molar-refractivity contribution in [2.24, 2.45) is 0 Å². The van der Waals surface area contributed by atoms with E-state index in [1.807, 2.05) is 6.92 Å². The van der Waals surface area contributed by atoms with E-state index in [0.717, 1.165) is 55.0 Å². The predicted molar refractivity (Wildman–Crippen MR) is 102 cm³/mol. The van der Waals surface area contributed by atoms with Gasteiger partial charge in [-0.05, 0) is 55.0 Å². The van der Waals surface area contributed by atoms with E-state index in [0.29, 0.717) is 6.04 Å². The zero-order valence-electron chi connectivity index (χ0n) is 14.7. The van der Waals surface area contributed by atoms with Crippen LogP contribution in [0.25, 0.3) is 0 Å². The maximum atomic E-state index is 4.78. The zero-order valence-corrected chi connectivity index (χ0v) is 16.3. The van der Waals surface area contributed by atoms with Crippen molar-refractivity contribution in [3.63, 3.8) is 0 Å². The molecule has 7 heteroatoms. The summed E-state index contributed by atoms with van der Waals surface area (Å²) in [5, 5.41) is 0. The Bertz CT molecular complexity index is 755. The lowest BCUT2D eigenvalue weighted by Gasteiger charge is -2.37. The summed E-state index contributed by atoms with van der Waals surface area (Å²) in [6.07, 6.45) is 9.23. The molecule has 1 saturated heterocycles. The Morgan fingerprint density at radius 3 is 2.56 bits per heavy atom. The van der Waals surface area contributed by atoms with Crippen LogP contribution in [0.5, 0.6) is 0 Å². The van der Waals surface area contributed by atoms with E-state index in [4.69, 9.17) is 4.98 Å². The first-order valence-corrected chi connectivity index (χ1v) is 9.73. The van der Waals surface area contributed by atoms with Gasteiger partial charge >= 0.3 is 0 Å². The lowest BCUT2D eigenvalue weighted by molar-refractivity contribution is 0.474. The first-order chi connectivity index (χ1) is 12.1. The van der Waals surface area contributed by atoms with Crippen LogP contribution in [0.4, 0.5) is 11.8 Å². The number of anilines is 2. The highest BCUT2D eigenvalue weighted by atomic mass is 79.9. The second-order valence-corrected chi connectivity index (χ2v) is 7.82. The van der Waals surface area contributed by atoms with Crippen molar-refractivity contribution in [3.05, 3.63) is 33.9 Å². The molecule has 3 heterocycles. The molecule has 0 bridgehead atoms. The number of aromatic nitrogens is 4. The van der Waals surface area contributed by atoms with Crippen LogP contribution in [0.1, 0.15) is 36.3 Å². The topological polar surface area (TPSA) is 58.0 Å². The fourth-order valence-corrected chi connectivity index (χ4v) is 4.12. The Morgan fingerprint density at radius 2 is 1.84 bits per heavy atom. The van der Waals surface area contributed by atoms with Crippen molar-refractivity contribution >= 4 is 27.7 Å². The minimum absolute atomic E-state index is 0.466. The van der Waals surface area contributed by atoms with E-state index < -0.39 is 0 Å². The average Bonchev–Trinajstić information content (AvgIpc) is 3.09. The molecule has 1 fully saturated rings. The number of rotatable bonds is 3. The summed E-state index contributed by atoms with van der Waals surface area (Å²) in [6.45, 7) is 4.05. The Balaban J connectivity index is 1.46. The summed E-state index contributed by atoms with van der Waals surface area (Å²) < 4.78 is 0.910. The lowest BCUT2D eigenvalue weighted by Crippen LogP contribution is -2.44. The van der Waals surface area contributed by atoms with Gasteiger partial charge in [-0.15, -0.1) is 0 Å². The third-order valence-electron chi connectivity index (χ3n) is 5.26. The largest absolute Gasteiger partial charge is 0.356 e. The fraction of sp³-hybridized carbons (Fsp3) is 0.556. The molecule has 2 aliphatic rings. The number of hydrogen-bond donors (Lipinski definition) is 0. The number of aryl methyl sites for hydroxylation is 2. The molecule has 0 spiro atoms. The Morgan fingerprint density at radius 1 is 1.12 bits per heavy atom. The van der Waals surface area contributed by atoms with Crippen LogP contribution in [-0.4, -0.2) is 46.1 Å². The summed E-state index contributed by atoms with van der Waals surface area (Å²) >= 11 is 3.39. The molecule has 0 saturated carbocycles. The van der Waals surface area contributed by atoms with Crippen LogP contribution in [-0.2, 0) is 12.8 Å². The quantitative estimate of drug-likeness (QED) is 0.786. The molecule has 0 N–H and O–H groups in total. The molecule has 0 atom stereocenters. The number of piperidine rings is 1. The summed E-state index contributed by atoms with van der Waals surface area (Å²) in [6, 6.07) is 0.466. The SMILES string of the molecule is Cc1nc2c(c(N3CCC(N(C)c4ncc(Br)cn4)CC3)n1)CCC2. The molecule has 2 aromatic heterocycles. The van der Waals surface area contributed by atoms with Crippen molar-refractivity contribution < 1.29 is 0 Å². The summed E-state index contributed by atoms with van der Waals surface area (Å²) in [4.78, 5) is 22.9. The van der Waals surface area contributed by atoms with E-state index in [2.05, 4.69) is 47.7 Å². The third-order valence-corrected chi connectivity index (χ3v) is 5.67. The van der Waals surface area contributed by atoms with E-state index in [9.17, 15) is 0 Å². The van der Waals surface area contributed by atoms with Crippen LogP contribution >= 0.6 is 15.9 Å². The van der Waals surface area contributed by atoms with E-state index in [1.54, 1.807) is 12.4 Å². The molecule has 0 aromatic carbocycles. The molecule has 0 unspecified atom stereocenters. The molecule has 0 radical (unpaired) electrons. The molecule has 2 aromatic rings. The Kier molecular flexibility index (Phi) is 4.58. The molecule has 0 amide bonds. The van der Waals surface area contributed by atoms with Gasteiger partial charge < -0.3 is 9.80 Å². The van der Waals surface area contributed by atoms with Gasteiger partial charge in [-0.2, -0.15) is 0 Å². The molecule has 25 heavy (non-hydrogen) atoms. The van der Waals surface area contributed by atoms with Gasteiger partial charge in [-0.25, -0.2) is 19.9 Å². The number of nitrogens with zero attached hydrogens (tertiary/aromatic N) is 6. The van der Waals surface area contributed by atoms with E-state index in [1.165, 1.54) is 23.5 Å². The van der Waals surface area contributed by atoms with E-state index >= 15 is 0 Å². The third kappa shape index (κ3) is 3.34. The minimum atomic E-state index is 0.466. The van der Waals surface area contributed by atoms with Crippen LogP contribution in [0.2, 0.25) is 0 Å². The Labute approximate surface area is 156 Å². The van der Waals surface area contributed by atoms with Gasteiger partial charge in [0, 0.05) is 49.8 Å². The van der Waals surface area contributed by atoms with Crippen LogP contribution in [0.3, 0.4) is 0 Å². The molecule has 4 rings (SSSR count). The monoisotopic (exact) mass is 402 g/mol. The first-order valence-electron chi connectivity index (χ1n) is 8.93. The minimum Gasteiger partial charge on any atom is -0.356 e. The number of halogens is 1. The van der Waals surface area contributed by atoms with Crippen molar-refractivity contribution in [3.8, 4) is 0 Å². The standard InChI is InChI=1S/C18H23BrN6/c1-12-22-16-5-3-4-15(16)17(23-12)25-8-6-14(7-9-25)24(2)18-20-10-13(19)11-21-18/h10-11,14H,3-9H2,1-2H3. The van der Waals surface area contributed by atoms with Gasteiger partial charge in [0.1, 0.15) is 11.6 Å². The van der Waals surface area contributed by atoms with Gasteiger partial charge in [0.15, 0.2) is 0 Å². The zero-order chi connectivity index (χ0) is 17.4. The van der Waals surface area contributed by atoms with Crippen LogP contribution < -0.4 is 9.80 Å². The van der Waals surface area contributed by atoms with Gasteiger partial charge in [-0.3, -0.25) is 0 Å². The summed E-state index contributed by atoms with van der Waals surface area (Å²) in [7, 11) is 2.09. The molecular formula is C18H23BrN6. The maximum absolute atomic E-state index is 4.78. The van der Waals surface area contributed by atoms with Crippen molar-refractivity contribution in [1.29, 1.82) is 0 Å². The van der Waals surface area contributed by atoms with Gasteiger partial charge in [0.05, 0.1) is 4.47 Å². The molecule has 1 aliphatic carbocycles. The maximum Gasteiger partial charge on any atom is 0.225 e. The highest BCUT2D eigenvalue weighted by Crippen LogP contribution is 2.31. The Hall–Kier alpha value is -1.76. The lowest BCUT2D eigenvalue weighted by atomic mass is 10.0. The smallest absolute Gasteiger partial charge is 0.225 e. The highest BCUT2D eigenvalue weighted by Gasteiger charge is 2.28. The van der Waals surface area contributed by atoms with Gasteiger partial charge in [-0.1, -0.05) is 0 Å². The van der Waals surface area contributed by atoms with Crippen LogP contribution in [0.15, 0.2) is 16.9 Å².